The fourth-order valence-electron chi connectivity index (χ4n) is 5.14. The Labute approximate surface area is 337 Å². The minimum atomic E-state index is -5.91. The summed E-state index contributed by atoms with van der Waals surface area (Å²) in [6.45, 7) is 2.23. The smallest absolute Gasteiger partial charge is 0.274 e. The topological polar surface area (TPSA) is 375 Å². The summed E-state index contributed by atoms with van der Waals surface area (Å²) >= 11 is 1.08. The number of nitrogen functional groups attached to an aromatic ring is 1. The lowest BCUT2D eigenvalue weighted by molar-refractivity contribution is -0.347. The van der Waals surface area contributed by atoms with E-state index in [1.54, 1.807) is 0 Å². The maximum atomic E-state index is 12.5. The van der Waals surface area contributed by atoms with Crippen LogP contribution in [0.5, 0.6) is 0 Å². The molecule has 0 aliphatic carbocycles. The van der Waals surface area contributed by atoms with E-state index in [0.29, 0.717) is 5.75 Å². The molecule has 7 atom stereocenters. The number of carbonyl (C=O) groups is 3. The van der Waals surface area contributed by atoms with Crippen molar-refractivity contribution in [1.29, 1.82) is 0 Å². The first kappa shape index (κ1) is 49.7. The number of hydrogen-bond donors (Lipinski definition) is 5. The van der Waals surface area contributed by atoms with Gasteiger partial charge in [0, 0.05) is 37.1 Å². The van der Waals surface area contributed by atoms with Gasteiger partial charge in [-0.1, -0.05) is 57.5 Å². The van der Waals surface area contributed by atoms with Crippen LogP contribution in [0, 0.1) is 5.41 Å². The summed E-state index contributed by atoms with van der Waals surface area (Å²) in [5, 5.41) is 26.2. The number of aliphatic hydroxyl groups is 2. The van der Waals surface area contributed by atoms with Gasteiger partial charge in [0.1, 0.15) is 36.3 Å². The van der Waals surface area contributed by atoms with Gasteiger partial charge in [0.05, 0.1) is 27.4 Å². The van der Waals surface area contributed by atoms with Crippen molar-refractivity contribution in [2.45, 2.75) is 89.9 Å². The van der Waals surface area contributed by atoms with E-state index in [2.05, 4.69) is 50.4 Å². The Kier molecular flexibility index (Phi) is 19.0. The number of imidazole rings is 1. The lowest BCUT2D eigenvalue weighted by atomic mass is 9.87. The number of aromatic nitrogens is 4. The molecule has 2 aromatic rings. The van der Waals surface area contributed by atoms with E-state index in [1.165, 1.54) is 13.8 Å². The number of allylic oxidation sites excluding steroid dienone is 2. The molecular weight excluding hydrogens is 855 g/mol. The zero-order valence-corrected chi connectivity index (χ0v) is 35.1. The quantitative estimate of drug-likeness (QED) is 0.0437. The van der Waals surface area contributed by atoms with Crippen LogP contribution in [-0.4, -0.2) is 103 Å². The Hall–Kier alpha value is -2.70. The molecule has 24 nitrogen and oxygen atoms in total. The number of unbranched alkanes of at least 4 members (excludes halogenated alkanes) is 3. The van der Waals surface area contributed by atoms with Crippen LogP contribution < -0.4 is 35.9 Å². The van der Waals surface area contributed by atoms with Crippen LogP contribution in [0.1, 0.15) is 65.5 Å². The van der Waals surface area contributed by atoms with Crippen LogP contribution in [0.4, 0.5) is 5.82 Å². The second-order valence-electron chi connectivity index (χ2n) is 13.4. The zero-order chi connectivity index (χ0) is 43.3. The predicted octanol–water partition coefficient (Wildman–Crippen LogP) is -1.34. The monoisotopic (exact) mass is 901 g/mol. The number of fused-ring (bicyclic) bond motifs is 1. The molecule has 2 amide bonds. The molecule has 1 saturated heterocycles. The number of amides is 2. The fraction of sp³-hybridized carbons (Fsp3) is 0.667. The van der Waals surface area contributed by atoms with Gasteiger partial charge in [-0.3, -0.25) is 28.1 Å². The number of anilines is 1. The van der Waals surface area contributed by atoms with Gasteiger partial charge in [-0.25, -0.2) is 19.3 Å². The molecule has 328 valence electrons. The summed E-state index contributed by atoms with van der Waals surface area (Å²) in [5.74, 6) is -1.19. The number of carbonyl (C=O) groups excluding carboxylic acids is 3. The van der Waals surface area contributed by atoms with Crippen molar-refractivity contribution >= 4 is 69.1 Å². The van der Waals surface area contributed by atoms with E-state index in [1.807, 2.05) is 12.2 Å². The van der Waals surface area contributed by atoms with Crippen LogP contribution in [0.15, 0.2) is 24.8 Å². The number of nitrogens with one attached hydrogen (secondary N) is 2. The number of ether oxygens (including phenoxy) is 1. The largest absolute Gasteiger partial charge is 0.790 e. The number of phosphoric acid groups is 3. The minimum absolute atomic E-state index is 0.0206. The third-order valence-electron chi connectivity index (χ3n) is 8.17. The lowest BCUT2D eigenvalue weighted by Crippen LogP contribution is -2.46. The highest BCUT2D eigenvalue weighted by atomic mass is 32.2. The van der Waals surface area contributed by atoms with Crippen molar-refractivity contribution in [3.05, 3.63) is 24.8 Å². The Bertz CT molecular complexity index is 1880. The minimum Gasteiger partial charge on any atom is -0.790 e. The highest BCUT2D eigenvalue weighted by Gasteiger charge is 2.47. The molecular formula is C30H46N7O17P3S-4. The van der Waals surface area contributed by atoms with Crippen LogP contribution in [0.25, 0.3) is 11.2 Å². The molecule has 0 radical (unpaired) electrons. The molecule has 58 heavy (non-hydrogen) atoms. The van der Waals surface area contributed by atoms with E-state index >= 15 is 0 Å². The number of thioether (sulfide) groups is 1. The third-order valence-corrected chi connectivity index (χ3v) is 12.1. The molecule has 1 fully saturated rings. The first-order valence-electron chi connectivity index (χ1n) is 17.7. The average Bonchev–Trinajstić information content (AvgIpc) is 3.69. The molecule has 3 rings (SSSR count). The van der Waals surface area contributed by atoms with Gasteiger partial charge >= 0.3 is 0 Å². The molecule has 28 heteroatoms. The van der Waals surface area contributed by atoms with E-state index in [4.69, 9.17) is 10.5 Å². The molecule has 2 aromatic heterocycles. The van der Waals surface area contributed by atoms with Crippen molar-refractivity contribution in [3.63, 3.8) is 0 Å². The maximum Gasteiger partial charge on any atom is 0.274 e. The Morgan fingerprint density at radius 1 is 1.07 bits per heavy atom. The lowest BCUT2D eigenvalue weighted by Gasteiger charge is -2.36. The Morgan fingerprint density at radius 3 is 2.47 bits per heavy atom. The Morgan fingerprint density at radius 2 is 1.78 bits per heavy atom. The first-order chi connectivity index (χ1) is 27.1. The molecule has 0 bridgehead atoms. The van der Waals surface area contributed by atoms with Gasteiger partial charge in [-0.2, -0.15) is 0 Å². The summed E-state index contributed by atoms with van der Waals surface area (Å²) in [4.78, 5) is 96.1. The van der Waals surface area contributed by atoms with Gasteiger partial charge in [0.25, 0.3) is 15.6 Å². The average molecular weight is 902 g/mol. The van der Waals surface area contributed by atoms with Gasteiger partial charge in [-0.05, 0) is 12.8 Å². The van der Waals surface area contributed by atoms with Gasteiger partial charge < -0.3 is 69.0 Å². The van der Waals surface area contributed by atoms with Crippen LogP contribution in [0.3, 0.4) is 0 Å². The van der Waals surface area contributed by atoms with E-state index in [0.717, 1.165) is 54.7 Å². The summed E-state index contributed by atoms with van der Waals surface area (Å²) in [7, 11) is -17.6. The summed E-state index contributed by atoms with van der Waals surface area (Å²) < 4.78 is 60.5. The SMILES string of the molecule is CCCCC/C=C/CC(=O)SCCNC(=O)CCNC(=O)[C@H](O)C(C)(C)COP(=O)([O-])OP(=O)([O-])OC[C@H]1O[C@@H](n2cnc3c(N)ncnc32)[C@H](O)[C@@H]1OP(=O)([O-])[O-]. The molecule has 1 aliphatic rings. The van der Waals surface area contributed by atoms with Crippen molar-refractivity contribution in [3.8, 4) is 0 Å². The molecule has 0 spiro atoms. The summed E-state index contributed by atoms with van der Waals surface area (Å²) in [6, 6.07) is 0. The fourth-order valence-corrected chi connectivity index (χ4v) is 8.52. The number of nitrogens with zero attached hydrogens (tertiary/aromatic N) is 4. The van der Waals surface area contributed by atoms with Gasteiger partial charge in [-0.15, -0.1) is 0 Å². The number of phosphoric ester groups is 3. The second kappa shape index (κ2) is 22.2. The maximum absolute atomic E-state index is 12.5. The van der Waals surface area contributed by atoms with E-state index in [-0.39, 0.29) is 48.0 Å². The molecule has 0 saturated carbocycles. The van der Waals surface area contributed by atoms with Crippen molar-refractivity contribution in [2.24, 2.45) is 5.41 Å². The zero-order valence-electron chi connectivity index (χ0n) is 31.6. The van der Waals surface area contributed by atoms with Gasteiger partial charge in [0.15, 0.2) is 22.8 Å². The third kappa shape index (κ3) is 16.1. The molecule has 3 heterocycles. The van der Waals surface area contributed by atoms with Gasteiger partial charge in [0.2, 0.25) is 11.8 Å². The predicted molar refractivity (Wildman–Crippen MR) is 196 cm³/mol. The van der Waals surface area contributed by atoms with Crippen LogP contribution in [0.2, 0.25) is 0 Å². The number of nitrogens with two attached hydrogens (primary N) is 1. The normalized spacial score (nSPS) is 21.5. The molecule has 6 N–H and O–H groups in total. The van der Waals surface area contributed by atoms with Crippen LogP contribution in [-0.2, 0) is 50.7 Å². The highest BCUT2D eigenvalue weighted by molar-refractivity contribution is 8.13. The molecule has 0 aromatic carbocycles. The van der Waals surface area contributed by atoms with E-state index < -0.39 is 84.6 Å². The van der Waals surface area contributed by atoms with Crippen molar-refractivity contribution < 1.29 is 80.5 Å². The summed E-state index contributed by atoms with van der Waals surface area (Å²) in [6.07, 6.45) is 0.741. The number of aliphatic hydroxyl groups excluding tert-OH is 2. The Balaban J connectivity index is 1.44. The summed E-state index contributed by atoms with van der Waals surface area (Å²) in [5.41, 5.74) is 4.07. The molecule has 1 aliphatic heterocycles. The first-order valence-corrected chi connectivity index (χ1v) is 23.0. The van der Waals surface area contributed by atoms with Crippen molar-refractivity contribution in [1.82, 2.24) is 30.2 Å². The molecule has 2 unspecified atom stereocenters. The number of hydrogen-bond acceptors (Lipinski definition) is 22. The van der Waals surface area contributed by atoms with Crippen molar-refractivity contribution in [2.75, 3.05) is 37.8 Å². The highest BCUT2D eigenvalue weighted by Crippen LogP contribution is 2.56. The van der Waals surface area contributed by atoms with E-state index in [9.17, 15) is 57.9 Å². The van der Waals surface area contributed by atoms with Crippen LogP contribution >= 0.6 is 35.2 Å². The standard InChI is InChI=1S/C30H50N7O17P3S/c1-4-5-6-7-8-9-10-21(39)58-14-13-32-20(38)11-12-33-28(42)25(41)30(2,3)16-51-57(48,49)54-56(46,47)50-15-19-24(53-55(43,44)45)23(40)29(52-19)37-18-36-22-26(31)34-17-35-27(22)37/h8-9,17-19,23-25,29,40-41H,4-7,10-16H2,1-3H3,(H,32,38)(H,33,42)(H,46,47)(H,48,49)(H2,31,34,35)(H2,43,44,45)/p-4/b9-8+/t19-,23-,24-,25+,29-/m1/s1. The number of rotatable bonds is 25. The second-order valence-corrected chi connectivity index (χ2v) is 18.6.